The lowest BCUT2D eigenvalue weighted by Gasteiger charge is -1.95. The third-order valence-corrected chi connectivity index (χ3v) is 3.14. The Morgan fingerprint density at radius 2 is 1.39 bits per heavy atom. The number of carbonyl (C=O) groups excluding carboxylic acids is 1. The standard InChI is InChI=1S/C21H32O2/c1-3-4-5-6-7-8-9-10-11-12-13-14-15-16-17-18-19-20-21(22)23-2/h4-5,7-8,10-11,13-14,16-17H,3,6,9,12,15,18-20H2,1-2H3/b5-4-,8-7-,11-10-,14-13-,17-16-/i4+2. The van der Waals surface area contributed by atoms with Gasteiger partial charge in [-0.2, -0.15) is 0 Å². The average Bonchev–Trinajstić information content (AvgIpc) is 2.57. The van der Waals surface area contributed by atoms with Gasteiger partial charge in [-0.15, -0.1) is 0 Å². The first-order valence-electron chi connectivity index (χ1n) is 8.63. The molecule has 0 spiro atoms. The van der Waals surface area contributed by atoms with Crippen LogP contribution in [0.1, 0.15) is 58.3 Å². The molecule has 2 nitrogen and oxygen atoms in total. The monoisotopic (exact) mass is 318 g/mol. The Bertz CT molecular complexity index is 412. The van der Waals surface area contributed by atoms with Crippen LogP contribution in [0.3, 0.4) is 0 Å². The van der Waals surface area contributed by atoms with Crippen molar-refractivity contribution < 1.29 is 9.53 Å². The topological polar surface area (TPSA) is 26.3 Å². The third-order valence-electron chi connectivity index (χ3n) is 3.14. The smallest absolute Gasteiger partial charge is 0.305 e. The van der Waals surface area contributed by atoms with Crippen molar-refractivity contribution in [2.75, 3.05) is 7.11 Å². The number of allylic oxidation sites excluding steroid dienone is 10. The summed E-state index contributed by atoms with van der Waals surface area (Å²) in [6.07, 6.45) is 29.2. The Morgan fingerprint density at radius 1 is 0.870 bits per heavy atom. The van der Waals surface area contributed by atoms with E-state index in [2.05, 4.69) is 72.4 Å². The van der Waals surface area contributed by atoms with Crippen LogP contribution in [-0.4, -0.2) is 13.1 Å². The Hall–Kier alpha value is -1.83. The third kappa shape index (κ3) is 18.1. The van der Waals surface area contributed by atoms with E-state index in [1.165, 1.54) is 7.11 Å². The second kappa shape index (κ2) is 18.2. The van der Waals surface area contributed by atoms with Gasteiger partial charge in [-0.1, -0.05) is 67.7 Å². The van der Waals surface area contributed by atoms with Crippen molar-refractivity contribution >= 4 is 5.97 Å². The molecule has 0 N–H and O–H groups in total. The van der Waals surface area contributed by atoms with Gasteiger partial charge in [0, 0.05) is 6.42 Å². The highest BCUT2D eigenvalue weighted by atomic mass is 16.5. The number of ether oxygens (including phenoxy) is 1. The zero-order valence-corrected chi connectivity index (χ0v) is 14.7. The van der Waals surface area contributed by atoms with Crippen molar-refractivity contribution in [3.63, 3.8) is 0 Å². The number of esters is 1. The molecule has 0 unspecified atom stereocenters. The van der Waals surface area contributed by atoms with Crippen LogP contribution in [0.5, 0.6) is 0 Å². The van der Waals surface area contributed by atoms with Gasteiger partial charge in [0.1, 0.15) is 0 Å². The highest BCUT2D eigenvalue weighted by Crippen LogP contribution is 2.00. The minimum absolute atomic E-state index is 0.127. The molecule has 0 heterocycles. The minimum atomic E-state index is -0.127. The molecule has 0 saturated carbocycles. The SMILES string of the molecule is CC/[14CH]=C\C/C=C\C/C=C\C/C=C\C/C=C\CCCC(=O)OC. The molecule has 0 rings (SSSR count). The molecule has 0 aromatic heterocycles. The van der Waals surface area contributed by atoms with E-state index >= 15 is 0 Å². The molecule has 0 atom stereocenters. The molecule has 0 fully saturated rings. The normalized spacial score (nSPS) is 12.6. The maximum absolute atomic E-state index is 10.9. The molecule has 0 saturated heterocycles. The lowest BCUT2D eigenvalue weighted by atomic mass is 10.2. The van der Waals surface area contributed by atoms with E-state index in [0.717, 1.165) is 44.9 Å². The van der Waals surface area contributed by atoms with E-state index < -0.39 is 0 Å². The summed E-state index contributed by atoms with van der Waals surface area (Å²) in [6.45, 7) is 2.15. The molecule has 0 aliphatic carbocycles. The summed E-state index contributed by atoms with van der Waals surface area (Å²) in [4.78, 5) is 10.9. The van der Waals surface area contributed by atoms with Crippen molar-refractivity contribution in [1.29, 1.82) is 0 Å². The Labute approximate surface area is 142 Å². The van der Waals surface area contributed by atoms with Crippen LogP contribution in [-0.2, 0) is 9.53 Å². The zero-order chi connectivity index (χ0) is 17.0. The molecule has 0 amide bonds. The Kier molecular flexibility index (Phi) is 16.8. The van der Waals surface area contributed by atoms with Crippen LogP contribution in [0.4, 0.5) is 0 Å². The highest BCUT2D eigenvalue weighted by Gasteiger charge is 1.96. The number of methoxy groups -OCH3 is 1. The molecular weight excluding hydrogens is 286 g/mol. The van der Waals surface area contributed by atoms with Gasteiger partial charge in [-0.05, 0) is 44.9 Å². The summed E-state index contributed by atoms with van der Waals surface area (Å²) >= 11 is 0. The molecule has 0 aliphatic heterocycles. The van der Waals surface area contributed by atoms with Crippen LogP contribution in [0, 0.1) is 0 Å². The van der Waals surface area contributed by atoms with Gasteiger partial charge < -0.3 is 4.74 Å². The highest BCUT2D eigenvalue weighted by molar-refractivity contribution is 5.69. The lowest BCUT2D eigenvalue weighted by molar-refractivity contribution is -0.140. The molecule has 0 bridgehead atoms. The summed E-state index contributed by atoms with van der Waals surface area (Å²) in [5.74, 6) is -0.127. The lowest BCUT2D eigenvalue weighted by Crippen LogP contribution is -1.98. The molecule has 0 aromatic carbocycles. The summed E-state index contributed by atoms with van der Waals surface area (Å²) in [5, 5.41) is 0. The average molecular weight is 318 g/mol. The first-order chi connectivity index (χ1) is 11.3. The molecule has 0 aromatic rings. The van der Waals surface area contributed by atoms with Gasteiger partial charge in [-0.25, -0.2) is 0 Å². The fraction of sp³-hybridized carbons (Fsp3) is 0.476. The predicted octanol–water partition coefficient (Wildman–Crippen LogP) is 6.08. The van der Waals surface area contributed by atoms with Crippen molar-refractivity contribution in [2.24, 2.45) is 0 Å². The van der Waals surface area contributed by atoms with E-state index in [-0.39, 0.29) is 5.97 Å². The second-order valence-corrected chi connectivity index (χ2v) is 5.18. The second-order valence-electron chi connectivity index (χ2n) is 5.18. The quantitative estimate of drug-likeness (QED) is 0.234. The first-order valence-corrected chi connectivity index (χ1v) is 8.63. The van der Waals surface area contributed by atoms with Crippen molar-refractivity contribution in [3.8, 4) is 0 Å². The van der Waals surface area contributed by atoms with Gasteiger partial charge in [0.2, 0.25) is 0 Å². The molecule has 0 radical (unpaired) electrons. The molecular formula is C21H32O2. The predicted molar refractivity (Wildman–Crippen MR) is 100 cm³/mol. The Morgan fingerprint density at radius 3 is 1.91 bits per heavy atom. The van der Waals surface area contributed by atoms with Crippen molar-refractivity contribution in [2.45, 2.75) is 58.3 Å². The molecule has 23 heavy (non-hydrogen) atoms. The summed E-state index contributed by atoms with van der Waals surface area (Å²) in [5.41, 5.74) is 0. The number of hydrogen-bond acceptors (Lipinski definition) is 2. The van der Waals surface area contributed by atoms with E-state index in [1.807, 2.05) is 0 Å². The largest absolute Gasteiger partial charge is 0.469 e. The fourth-order valence-electron chi connectivity index (χ4n) is 1.83. The van der Waals surface area contributed by atoms with Gasteiger partial charge in [0.15, 0.2) is 0 Å². The van der Waals surface area contributed by atoms with Crippen molar-refractivity contribution in [1.82, 2.24) is 0 Å². The van der Waals surface area contributed by atoms with E-state index in [9.17, 15) is 4.79 Å². The van der Waals surface area contributed by atoms with Crippen LogP contribution in [0.15, 0.2) is 60.8 Å². The molecule has 2 heteroatoms. The van der Waals surface area contributed by atoms with Crippen LogP contribution in [0.25, 0.3) is 0 Å². The number of carbonyl (C=O) groups is 1. The van der Waals surface area contributed by atoms with Gasteiger partial charge >= 0.3 is 5.97 Å². The van der Waals surface area contributed by atoms with E-state index in [4.69, 9.17) is 0 Å². The van der Waals surface area contributed by atoms with Gasteiger partial charge in [0.25, 0.3) is 0 Å². The van der Waals surface area contributed by atoms with Crippen LogP contribution < -0.4 is 0 Å². The first kappa shape index (κ1) is 21.2. The zero-order valence-electron chi connectivity index (χ0n) is 14.7. The van der Waals surface area contributed by atoms with Gasteiger partial charge in [0.05, 0.1) is 7.11 Å². The summed E-state index contributed by atoms with van der Waals surface area (Å²) in [7, 11) is 1.43. The number of unbranched alkanes of at least 4 members (excludes halogenated alkanes) is 1. The number of rotatable bonds is 13. The maximum Gasteiger partial charge on any atom is 0.305 e. The van der Waals surface area contributed by atoms with Gasteiger partial charge in [-0.3, -0.25) is 4.79 Å². The summed E-state index contributed by atoms with van der Waals surface area (Å²) in [6, 6.07) is 0. The fourth-order valence-corrected chi connectivity index (χ4v) is 1.83. The molecule has 0 aliphatic rings. The van der Waals surface area contributed by atoms with E-state index in [1.54, 1.807) is 0 Å². The Balaban J connectivity index is 3.47. The van der Waals surface area contributed by atoms with Crippen LogP contribution >= 0.6 is 0 Å². The molecule has 128 valence electrons. The maximum atomic E-state index is 10.9. The number of hydrogen-bond donors (Lipinski definition) is 0. The summed E-state index contributed by atoms with van der Waals surface area (Å²) < 4.78 is 4.59. The van der Waals surface area contributed by atoms with Crippen molar-refractivity contribution in [3.05, 3.63) is 60.8 Å². The minimum Gasteiger partial charge on any atom is -0.469 e. The van der Waals surface area contributed by atoms with Crippen LogP contribution in [0.2, 0.25) is 0 Å². The van der Waals surface area contributed by atoms with E-state index in [0.29, 0.717) is 6.42 Å².